The van der Waals surface area contributed by atoms with Crippen molar-refractivity contribution in [2.24, 2.45) is 0 Å². The number of hydrogen-bond donors (Lipinski definition) is 3. The predicted octanol–water partition coefficient (Wildman–Crippen LogP) is 0.205. The largest absolute Gasteiger partial charge is 0.502 e. The summed E-state index contributed by atoms with van der Waals surface area (Å²) in [6.45, 7) is -0.950. The van der Waals surface area contributed by atoms with Crippen LogP contribution in [0.5, 0.6) is 5.75 Å². The fourth-order valence-corrected chi connectivity index (χ4v) is 2.25. The Morgan fingerprint density at radius 3 is 2.50 bits per heavy atom. The van der Waals surface area contributed by atoms with E-state index in [1.807, 2.05) is 0 Å². The number of sulfonamides is 1. The van der Waals surface area contributed by atoms with Crippen LogP contribution >= 0.6 is 0 Å². The Hall–Kier alpha value is -1.85. The Morgan fingerprint density at radius 1 is 1.40 bits per heavy atom. The normalized spacial score (nSPS) is 13.4. The molecule has 1 atom stereocenters. The van der Waals surface area contributed by atoms with Crippen molar-refractivity contribution >= 4 is 15.7 Å². The van der Waals surface area contributed by atoms with Crippen molar-refractivity contribution in [2.75, 3.05) is 6.54 Å². The second-order valence-corrected chi connectivity index (χ2v) is 5.43. The molecule has 0 aliphatic rings. The van der Waals surface area contributed by atoms with Crippen LogP contribution in [0.15, 0.2) is 23.1 Å². The molecular weight excluding hydrogens is 302 g/mol. The highest BCUT2D eigenvalue weighted by Gasteiger charge is 2.24. The zero-order valence-corrected chi connectivity index (χ0v) is 10.5. The Kier molecular flexibility index (Phi) is 4.92. The summed E-state index contributed by atoms with van der Waals surface area (Å²) in [5, 5.41) is 28.5. The van der Waals surface area contributed by atoms with Gasteiger partial charge in [0.05, 0.1) is 9.82 Å². The summed E-state index contributed by atoms with van der Waals surface area (Å²) in [5.74, 6) is -0.735. The van der Waals surface area contributed by atoms with Crippen LogP contribution in [0.1, 0.15) is 0 Å². The summed E-state index contributed by atoms with van der Waals surface area (Å²) in [6, 6.07) is 2.22. The molecular formula is C9H10F2N2O6S. The number of aliphatic hydroxyl groups excluding tert-OH is 1. The van der Waals surface area contributed by atoms with Crippen LogP contribution in [0.3, 0.4) is 0 Å². The van der Waals surface area contributed by atoms with E-state index in [2.05, 4.69) is 0 Å². The SMILES string of the molecule is O=[N+]([O-])c1cc(S(=O)(=O)NCC(O)C(F)F)ccc1O. The first-order chi connectivity index (χ1) is 9.15. The molecule has 0 amide bonds. The number of nitro groups is 1. The second-order valence-electron chi connectivity index (χ2n) is 3.66. The first-order valence-electron chi connectivity index (χ1n) is 5.08. The minimum atomic E-state index is -4.32. The van der Waals surface area contributed by atoms with Crippen LogP contribution in [-0.4, -0.2) is 42.6 Å². The zero-order valence-electron chi connectivity index (χ0n) is 9.73. The highest BCUT2D eigenvalue weighted by Crippen LogP contribution is 2.28. The van der Waals surface area contributed by atoms with Crippen molar-refractivity contribution in [1.29, 1.82) is 0 Å². The number of benzene rings is 1. The van der Waals surface area contributed by atoms with E-state index >= 15 is 0 Å². The maximum absolute atomic E-state index is 12.0. The first kappa shape index (κ1) is 16.2. The lowest BCUT2D eigenvalue weighted by atomic mass is 10.3. The number of halogens is 2. The minimum absolute atomic E-state index is 0.576. The van der Waals surface area contributed by atoms with Crippen LogP contribution in [0.25, 0.3) is 0 Å². The van der Waals surface area contributed by atoms with E-state index < -0.39 is 50.4 Å². The quantitative estimate of drug-likeness (QED) is 0.508. The highest BCUT2D eigenvalue weighted by molar-refractivity contribution is 7.89. The number of aliphatic hydroxyl groups is 1. The number of phenols is 1. The van der Waals surface area contributed by atoms with Crippen LogP contribution in [0, 0.1) is 10.1 Å². The van der Waals surface area contributed by atoms with Gasteiger partial charge in [-0.05, 0) is 12.1 Å². The molecule has 1 unspecified atom stereocenters. The van der Waals surface area contributed by atoms with E-state index in [4.69, 9.17) is 10.2 Å². The molecule has 0 fully saturated rings. The van der Waals surface area contributed by atoms with Gasteiger partial charge in [0.15, 0.2) is 5.75 Å². The summed E-state index contributed by atoms with van der Waals surface area (Å²) in [4.78, 5) is 8.96. The third kappa shape index (κ3) is 3.82. The molecule has 1 rings (SSSR count). The molecule has 0 saturated carbocycles. The average Bonchev–Trinajstić information content (AvgIpc) is 2.35. The average molecular weight is 312 g/mol. The molecule has 20 heavy (non-hydrogen) atoms. The zero-order chi connectivity index (χ0) is 15.5. The van der Waals surface area contributed by atoms with E-state index in [-0.39, 0.29) is 0 Å². The number of nitrogens with zero attached hydrogens (tertiary/aromatic N) is 1. The van der Waals surface area contributed by atoms with Gasteiger partial charge in [0.25, 0.3) is 6.43 Å². The van der Waals surface area contributed by atoms with Gasteiger partial charge in [-0.25, -0.2) is 21.9 Å². The minimum Gasteiger partial charge on any atom is -0.502 e. The third-order valence-corrected chi connectivity index (χ3v) is 3.65. The summed E-state index contributed by atoms with van der Waals surface area (Å²) in [5.41, 5.74) is -0.845. The molecule has 0 aromatic heterocycles. The monoisotopic (exact) mass is 312 g/mol. The molecule has 112 valence electrons. The molecule has 1 aromatic rings. The highest BCUT2D eigenvalue weighted by atomic mass is 32.2. The molecule has 0 bridgehead atoms. The molecule has 11 heteroatoms. The van der Waals surface area contributed by atoms with Crippen molar-refractivity contribution in [3.05, 3.63) is 28.3 Å². The number of rotatable bonds is 6. The van der Waals surface area contributed by atoms with Gasteiger partial charge < -0.3 is 10.2 Å². The lowest BCUT2D eigenvalue weighted by molar-refractivity contribution is -0.386. The van der Waals surface area contributed by atoms with Crippen molar-refractivity contribution in [3.63, 3.8) is 0 Å². The van der Waals surface area contributed by atoms with Gasteiger partial charge in [-0.15, -0.1) is 0 Å². The van der Waals surface area contributed by atoms with Gasteiger partial charge in [-0.1, -0.05) is 0 Å². The molecule has 0 saturated heterocycles. The third-order valence-electron chi connectivity index (χ3n) is 2.23. The van der Waals surface area contributed by atoms with Gasteiger partial charge in [-0.2, -0.15) is 0 Å². The van der Waals surface area contributed by atoms with Crippen molar-refractivity contribution in [2.45, 2.75) is 17.4 Å². The van der Waals surface area contributed by atoms with E-state index in [1.54, 1.807) is 4.72 Å². The van der Waals surface area contributed by atoms with E-state index in [1.165, 1.54) is 0 Å². The van der Waals surface area contributed by atoms with Gasteiger partial charge in [0.1, 0.15) is 6.10 Å². The Morgan fingerprint density at radius 2 is 2.00 bits per heavy atom. The van der Waals surface area contributed by atoms with Crippen molar-refractivity contribution in [3.8, 4) is 5.75 Å². The molecule has 8 nitrogen and oxygen atoms in total. The van der Waals surface area contributed by atoms with Gasteiger partial charge >= 0.3 is 5.69 Å². The summed E-state index contributed by atoms with van der Waals surface area (Å²) >= 11 is 0. The van der Waals surface area contributed by atoms with Gasteiger partial charge in [0.2, 0.25) is 10.0 Å². The number of alkyl halides is 2. The van der Waals surface area contributed by atoms with Gasteiger partial charge in [-0.3, -0.25) is 10.1 Å². The molecule has 1 aromatic carbocycles. The van der Waals surface area contributed by atoms with Crippen LogP contribution in [0.4, 0.5) is 14.5 Å². The van der Waals surface area contributed by atoms with Crippen LogP contribution < -0.4 is 4.72 Å². The number of nitro benzene ring substituents is 1. The molecule has 0 aliphatic heterocycles. The predicted molar refractivity (Wildman–Crippen MR) is 62.0 cm³/mol. The van der Waals surface area contributed by atoms with Crippen LogP contribution in [0.2, 0.25) is 0 Å². The maximum atomic E-state index is 12.0. The Balaban J connectivity index is 2.99. The summed E-state index contributed by atoms with van der Waals surface area (Å²) in [6.07, 6.45) is -5.33. The Bertz CT molecular complexity index is 606. The molecule has 0 heterocycles. The molecule has 0 aliphatic carbocycles. The first-order valence-corrected chi connectivity index (χ1v) is 6.56. The van der Waals surface area contributed by atoms with E-state index in [0.29, 0.717) is 6.07 Å². The molecule has 0 spiro atoms. The number of hydrogen-bond acceptors (Lipinski definition) is 6. The van der Waals surface area contributed by atoms with E-state index in [0.717, 1.165) is 12.1 Å². The smallest absolute Gasteiger partial charge is 0.312 e. The van der Waals surface area contributed by atoms with Gasteiger partial charge in [0, 0.05) is 12.6 Å². The number of phenolic OH excluding ortho intramolecular Hbond substituents is 1. The molecule has 3 N–H and O–H groups in total. The van der Waals surface area contributed by atoms with Crippen molar-refractivity contribution in [1.82, 2.24) is 4.72 Å². The Labute approximate surface area is 111 Å². The van der Waals surface area contributed by atoms with Crippen LogP contribution in [-0.2, 0) is 10.0 Å². The topological polar surface area (TPSA) is 130 Å². The fraction of sp³-hybridized carbons (Fsp3) is 0.333. The number of nitrogens with one attached hydrogen (secondary N) is 1. The van der Waals surface area contributed by atoms with Crippen molar-refractivity contribution < 1.29 is 32.3 Å². The second kappa shape index (κ2) is 6.07. The fourth-order valence-electron chi connectivity index (χ4n) is 1.18. The maximum Gasteiger partial charge on any atom is 0.312 e. The lowest BCUT2D eigenvalue weighted by Crippen LogP contribution is -2.35. The summed E-state index contributed by atoms with van der Waals surface area (Å²) in [7, 11) is -4.32. The molecule has 0 radical (unpaired) electrons. The van der Waals surface area contributed by atoms with E-state index in [9.17, 15) is 27.3 Å². The summed E-state index contributed by atoms with van der Waals surface area (Å²) < 4.78 is 49.1. The standard InChI is InChI=1S/C9H10F2N2O6S/c10-9(11)8(15)4-12-20(18,19)5-1-2-7(14)6(3-5)13(16)17/h1-3,8-9,12,14-15H,4H2. The lowest BCUT2D eigenvalue weighted by Gasteiger charge is -2.11. The number of aromatic hydroxyl groups is 1.